The first kappa shape index (κ1) is 10.0. The molecule has 0 atom stereocenters. The zero-order valence-corrected chi connectivity index (χ0v) is 8.79. The Morgan fingerprint density at radius 2 is 2.27 bits per heavy atom. The second-order valence-corrected chi connectivity index (χ2v) is 3.86. The number of hydrogen-bond donors (Lipinski definition) is 0. The highest BCUT2D eigenvalue weighted by Gasteiger charge is 2.23. The van der Waals surface area contributed by atoms with E-state index in [1.807, 2.05) is 0 Å². The Balaban J connectivity index is 2.44. The van der Waals surface area contributed by atoms with Gasteiger partial charge in [-0.05, 0) is 24.6 Å². The third-order valence-corrected chi connectivity index (χ3v) is 2.68. The van der Waals surface area contributed by atoms with Crippen LogP contribution in [-0.2, 0) is 4.79 Å². The summed E-state index contributed by atoms with van der Waals surface area (Å²) in [7, 11) is 0. The molecule has 2 rings (SSSR count). The molecule has 3 nitrogen and oxygen atoms in total. The van der Waals surface area contributed by atoms with Gasteiger partial charge in [0.2, 0.25) is 5.91 Å². The van der Waals surface area contributed by atoms with E-state index in [4.69, 9.17) is 16.9 Å². The Kier molecular flexibility index (Phi) is 2.61. The quantitative estimate of drug-likeness (QED) is 0.729. The number of carbonyl (C=O) groups excluding carboxylic acids is 1. The standard InChI is InChI=1S/C11H9ClN2O/c12-9-3-4-10(8(6-9)7-13)14-5-1-2-11(14)15/h3-4,6H,1-2,5H2. The van der Waals surface area contributed by atoms with Crippen LogP contribution in [0.1, 0.15) is 18.4 Å². The minimum absolute atomic E-state index is 0.0776. The third kappa shape index (κ3) is 1.81. The van der Waals surface area contributed by atoms with Crippen molar-refractivity contribution in [2.75, 3.05) is 11.4 Å². The number of nitriles is 1. The molecule has 76 valence electrons. The molecular formula is C11H9ClN2O. The zero-order chi connectivity index (χ0) is 10.8. The van der Waals surface area contributed by atoms with Gasteiger partial charge in [-0.15, -0.1) is 0 Å². The zero-order valence-electron chi connectivity index (χ0n) is 8.03. The maximum Gasteiger partial charge on any atom is 0.227 e. The largest absolute Gasteiger partial charge is 0.311 e. The minimum atomic E-state index is 0.0776. The Hall–Kier alpha value is -1.53. The molecule has 1 fully saturated rings. The summed E-state index contributed by atoms with van der Waals surface area (Å²) in [4.78, 5) is 13.2. The summed E-state index contributed by atoms with van der Waals surface area (Å²) in [6.07, 6.45) is 1.42. The molecule has 0 aromatic heterocycles. The van der Waals surface area contributed by atoms with Gasteiger partial charge in [0.1, 0.15) is 6.07 Å². The van der Waals surface area contributed by atoms with E-state index >= 15 is 0 Å². The van der Waals surface area contributed by atoms with Gasteiger partial charge >= 0.3 is 0 Å². The molecule has 1 saturated heterocycles. The van der Waals surface area contributed by atoms with Gasteiger partial charge in [0.05, 0.1) is 11.3 Å². The first-order valence-electron chi connectivity index (χ1n) is 4.72. The van der Waals surface area contributed by atoms with Crippen molar-refractivity contribution < 1.29 is 4.79 Å². The molecule has 1 amide bonds. The van der Waals surface area contributed by atoms with E-state index in [9.17, 15) is 4.79 Å². The van der Waals surface area contributed by atoms with Crippen molar-refractivity contribution >= 4 is 23.2 Å². The fourth-order valence-electron chi connectivity index (χ4n) is 1.74. The summed E-state index contributed by atoms with van der Waals surface area (Å²) in [6.45, 7) is 0.690. The summed E-state index contributed by atoms with van der Waals surface area (Å²) in [5, 5.41) is 9.46. The average molecular weight is 221 g/mol. The second kappa shape index (κ2) is 3.92. The van der Waals surface area contributed by atoms with Crippen LogP contribution in [0.15, 0.2) is 18.2 Å². The van der Waals surface area contributed by atoms with Gasteiger partial charge in [-0.3, -0.25) is 4.79 Å². The first-order chi connectivity index (χ1) is 7.22. The molecular weight excluding hydrogens is 212 g/mol. The van der Waals surface area contributed by atoms with Crippen LogP contribution in [0.3, 0.4) is 0 Å². The van der Waals surface area contributed by atoms with Crippen molar-refractivity contribution in [2.24, 2.45) is 0 Å². The number of carbonyl (C=O) groups is 1. The molecule has 4 heteroatoms. The van der Waals surface area contributed by atoms with Gasteiger partial charge in [0.25, 0.3) is 0 Å². The van der Waals surface area contributed by atoms with Gasteiger partial charge in [0.15, 0.2) is 0 Å². The smallest absolute Gasteiger partial charge is 0.227 e. The Labute approximate surface area is 92.9 Å². The highest BCUT2D eigenvalue weighted by atomic mass is 35.5. The van der Waals surface area contributed by atoms with Crippen LogP contribution in [0.5, 0.6) is 0 Å². The lowest BCUT2D eigenvalue weighted by Gasteiger charge is -2.16. The highest BCUT2D eigenvalue weighted by Crippen LogP contribution is 2.27. The number of halogens is 1. The number of rotatable bonds is 1. The van der Waals surface area contributed by atoms with Gasteiger partial charge in [-0.2, -0.15) is 5.26 Å². The van der Waals surface area contributed by atoms with E-state index in [1.54, 1.807) is 23.1 Å². The Bertz CT molecular complexity index is 450. The monoisotopic (exact) mass is 220 g/mol. The molecule has 0 spiro atoms. The van der Waals surface area contributed by atoms with Gasteiger partial charge in [-0.1, -0.05) is 11.6 Å². The lowest BCUT2D eigenvalue weighted by Crippen LogP contribution is -2.24. The number of anilines is 1. The Morgan fingerprint density at radius 1 is 1.47 bits per heavy atom. The van der Waals surface area contributed by atoms with E-state index in [0.29, 0.717) is 29.2 Å². The minimum Gasteiger partial charge on any atom is -0.311 e. The number of nitrogens with zero attached hydrogens (tertiary/aromatic N) is 2. The summed E-state index contributed by atoms with van der Waals surface area (Å²) in [6, 6.07) is 7.07. The molecule has 0 N–H and O–H groups in total. The predicted octanol–water partition coefficient (Wildman–Crippen LogP) is 2.34. The van der Waals surface area contributed by atoms with E-state index < -0.39 is 0 Å². The fourth-order valence-corrected chi connectivity index (χ4v) is 1.91. The SMILES string of the molecule is N#Cc1cc(Cl)ccc1N1CCCC1=O. The maximum atomic E-state index is 11.5. The van der Waals surface area contributed by atoms with Crippen LogP contribution in [-0.4, -0.2) is 12.5 Å². The summed E-state index contributed by atoms with van der Waals surface area (Å²) in [5.74, 6) is 0.0776. The number of benzene rings is 1. The molecule has 0 unspecified atom stereocenters. The van der Waals surface area contributed by atoms with Crippen molar-refractivity contribution in [3.8, 4) is 6.07 Å². The van der Waals surface area contributed by atoms with Crippen LogP contribution in [0.25, 0.3) is 0 Å². The molecule has 0 radical (unpaired) electrons. The van der Waals surface area contributed by atoms with Crippen molar-refractivity contribution in [3.63, 3.8) is 0 Å². The molecule has 15 heavy (non-hydrogen) atoms. The molecule has 1 aliphatic rings. The maximum absolute atomic E-state index is 11.5. The molecule has 0 aliphatic carbocycles. The van der Waals surface area contributed by atoms with Crippen LogP contribution < -0.4 is 4.90 Å². The van der Waals surface area contributed by atoms with Crippen LogP contribution in [0, 0.1) is 11.3 Å². The second-order valence-electron chi connectivity index (χ2n) is 3.42. The molecule has 1 aliphatic heterocycles. The molecule has 0 bridgehead atoms. The van der Waals surface area contributed by atoms with E-state index in [0.717, 1.165) is 6.42 Å². The van der Waals surface area contributed by atoms with Crippen LogP contribution in [0.4, 0.5) is 5.69 Å². The van der Waals surface area contributed by atoms with Crippen molar-refractivity contribution in [2.45, 2.75) is 12.8 Å². The van der Waals surface area contributed by atoms with Crippen LogP contribution in [0.2, 0.25) is 5.02 Å². The first-order valence-corrected chi connectivity index (χ1v) is 5.10. The highest BCUT2D eigenvalue weighted by molar-refractivity contribution is 6.30. The summed E-state index contributed by atoms with van der Waals surface area (Å²) < 4.78 is 0. The molecule has 1 aromatic rings. The van der Waals surface area contributed by atoms with Gasteiger partial charge in [0, 0.05) is 18.0 Å². The van der Waals surface area contributed by atoms with E-state index in [-0.39, 0.29) is 5.91 Å². The summed E-state index contributed by atoms with van der Waals surface area (Å²) >= 11 is 5.78. The number of hydrogen-bond acceptors (Lipinski definition) is 2. The molecule has 1 heterocycles. The van der Waals surface area contributed by atoms with Gasteiger partial charge < -0.3 is 4.90 Å². The molecule has 0 saturated carbocycles. The average Bonchev–Trinajstić information content (AvgIpc) is 2.64. The van der Waals surface area contributed by atoms with E-state index in [1.165, 1.54) is 0 Å². The molecule has 1 aromatic carbocycles. The fraction of sp³-hybridized carbons (Fsp3) is 0.273. The summed E-state index contributed by atoms with van der Waals surface area (Å²) in [5.41, 5.74) is 1.13. The Morgan fingerprint density at radius 3 is 2.87 bits per heavy atom. The van der Waals surface area contributed by atoms with Gasteiger partial charge in [-0.25, -0.2) is 0 Å². The third-order valence-electron chi connectivity index (χ3n) is 2.44. The van der Waals surface area contributed by atoms with Crippen molar-refractivity contribution in [1.82, 2.24) is 0 Å². The van der Waals surface area contributed by atoms with E-state index in [2.05, 4.69) is 6.07 Å². The number of amides is 1. The van der Waals surface area contributed by atoms with Crippen molar-refractivity contribution in [3.05, 3.63) is 28.8 Å². The van der Waals surface area contributed by atoms with Crippen molar-refractivity contribution in [1.29, 1.82) is 5.26 Å². The predicted molar refractivity (Wildman–Crippen MR) is 57.8 cm³/mol. The topological polar surface area (TPSA) is 44.1 Å². The lowest BCUT2D eigenvalue weighted by atomic mass is 10.2. The normalized spacial score (nSPS) is 15.5. The van der Waals surface area contributed by atoms with Crippen LogP contribution >= 0.6 is 11.6 Å². The lowest BCUT2D eigenvalue weighted by molar-refractivity contribution is -0.117.